The second-order valence-electron chi connectivity index (χ2n) is 4.55. The Balaban J connectivity index is 1.98. The number of nitriles is 1. The molecule has 0 fully saturated rings. The molecule has 0 aliphatic heterocycles. The number of benzene rings is 2. The van der Waals surface area contributed by atoms with Crippen molar-refractivity contribution < 1.29 is 5.11 Å². The lowest BCUT2D eigenvalue weighted by atomic mass is 10.0. The Kier molecular flexibility index (Phi) is 2.70. The Morgan fingerprint density at radius 3 is 2.63 bits per heavy atom. The van der Waals surface area contributed by atoms with E-state index in [1.54, 1.807) is 12.3 Å². The summed E-state index contributed by atoms with van der Waals surface area (Å²) in [4.78, 5) is 0. The van der Waals surface area contributed by atoms with Gasteiger partial charge in [0.15, 0.2) is 0 Å². The van der Waals surface area contributed by atoms with Crippen molar-refractivity contribution in [1.82, 2.24) is 4.57 Å². The van der Waals surface area contributed by atoms with Gasteiger partial charge in [0.05, 0.1) is 11.6 Å². The van der Waals surface area contributed by atoms with E-state index in [9.17, 15) is 5.11 Å². The van der Waals surface area contributed by atoms with Crippen LogP contribution >= 0.6 is 0 Å². The van der Waals surface area contributed by atoms with Crippen LogP contribution in [0.2, 0.25) is 0 Å². The first-order valence-corrected chi connectivity index (χ1v) is 6.02. The van der Waals surface area contributed by atoms with Gasteiger partial charge < -0.3 is 9.67 Å². The Morgan fingerprint density at radius 2 is 1.89 bits per heavy atom. The van der Waals surface area contributed by atoms with Gasteiger partial charge in [-0.3, -0.25) is 0 Å². The largest absolute Gasteiger partial charge is 0.506 e. The maximum Gasteiger partial charge on any atom is 0.133 e. The summed E-state index contributed by atoms with van der Waals surface area (Å²) in [5, 5.41) is 20.4. The van der Waals surface area contributed by atoms with Gasteiger partial charge in [0.1, 0.15) is 5.75 Å². The minimum absolute atomic E-state index is 0.271. The number of hydrogen-bond acceptors (Lipinski definition) is 2. The van der Waals surface area contributed by atoms with Gasteiger partial charge in [0, 0.05) is 18.9 Å². The van der Waals surface area contributed by atoms with Crippen LogP contribution in [0.3, 0.4) is 0 Å². The molecule has 92 valence electrons. The first-order chi connectivity index (χ1) is 9.24. The normalized spacial score (nSPS) is 10.5. The molecule has 0 amide bonds. The number of fused-ring (bicyclic) bond motifs is 1. The monoisotopic (exact) mass is 248 g/mol. The molecule has 2 aromatic carbocycles. The summed E-state index contributed by atoms with van der Waals surface area (Å²) in [6, 6.07) is 15.7. The standard InChI is InChI=1S/C16H12N2O/c17-9-12-1-3-14-4-2-13(8-15(14)7-12)10-18-6-5-16(19)11-18/h1-8,11,19H,10H2. The van der Waals surface area contributed by atoms with Gasteiger partial charge in [-0.05, 0) is 40.6 Å². The lowest BCUT2D eigenvalue weighted by Gasteiger charge is -2.05. The molecule has 0 saturated carbocycles. The average Bonchev–Trinajstić information content (AvgIpc) is 2.83. The lowest BCUT2D eigenvalue weighted by Crippen LogP contribution is -1.95. The number of aromatic nitrogens is 1. The molecule has 0 spiro atoms. The van der Waals surface area contributed by atoms with Crippen molar-refractivity contribution in [3.8, 4) is 11.8 Å². The summed E-state index contributed by atoms with van der Waals surface area (Å²) in [5.41, 5.74) is 1.81. The van der Waals surface area contributed by atoms with Crippen LogP contribution in [0.5, 0.6) is 5.75 Å². The van der Waals surface area contributed by atoms with Gasteiger partial charge >= 0.3 is 0 Å². The molecule has 1 aromatic heterocycles. The van der Waals surface area contributed by atoms with Gasteiger partial charge in [-0.25, -0.2) is 0 Å². The molecule has 0 atom stereocenters. The van der Waals surface area contributed by atoms with E-state index in [0.717, 1.165) is 16.3 Å². The van der Waals surface area contributed by atoms with E-state index >= 15 is 0 Å². The van der Waals surface area contributed by atoms with Crippen molar-refractivity contribution in [2.75, 3.05) is 0 Å². The van der Waals surface area contributed by atoms with Crippen LogP contribution in [-0.2, 0) is 6.54 Å². The Bertz CT molecular complexity index is 781. The fourth-order valence-electron chi connectivity index (χ4n) is 2.20. The first kappa shape index (κ1) is 11.4. The smallest absolute Gasteiger partial charge is 0.133 e. The zero-order valence-corrected chi connectivity index (χ0v) is 10.2. The van der Waals surface area contributed by atoms with Crippen LogP contribution < -0.4 is 0 Å². The minimum atomic E-state index is 0.271. The third-order valence-corrected chi connectivity index (χ3v) is 3.13. The van der Waals surface area contributed by atoms with E-state index < -0.39 is 0 Å². The highest BCUT2D eigenvalue weighted by Crippen LogP contribution is 2.19. The summed E-state index contributed by atoms with van der Waals surface area (Å²) in [7, 11) is 0. The van der Waals surface area contributed by atoms with Crippen LogP contribution in [-0.4, -0.2) is 9.67 Å². The fraction of sp³-hybridized carbons (Fsp3) is 0.0625. The molecule has 0 aliphatic carbocycles. The molecule has 0 saturated heterocycles. The first-order valence-electron chi connectivity index (χ1n) is 6.02. The van der Waals surface area contributed by atoms with Crippen LogP contribution in [0.15, 0.2) is 54.9 Å². The van der Waals surface area contributed by atoms with Crippen molar-refractivity contribution in [3.05, 3.63) is 66.0 Å². The Labute approximate surface area is 111 Å². The van der Waals surface area contributed by atoms with Crippen LogP contribution in [0, 0.1) is 11.3 Å². The van der Waals surface area contributed by atoms with E-state index in [0.29, 0.717) is 12.1 Å². The molecule has 0 radical (unpaired) electrons. The molecule has 3 aromatic rings. The molecular weight excluding hydrogens is 236 g/mol. The zero-order chi connectivity index (χ0) is 13.2. The summed E-state index contributed by atoms with van der Waals surface area (Å²) in [6.45, 7) is 0.702. The molecule has 0 unspecified atom stereocenters. The van der Waals surface area contributed by atoms with Crippen molar-refractivity contribution in [3.63, 3.8) is 0 Å². The highest BCUT2D eigenvalue weighted by molar-refractivity contribution is 5.84. The van der Waals surface area contributed by atoms with Gasteiger partial charge in [0.25, 0.3) is 0 Å². The number of aromatic hydroxyl groups is 1. The second kappa shape index (κ2) is 4.51. The Hall–Kier alpha value is -2.73. The van der Waals surface area contributed by atoms with E-state index in [-0.39, 0.29) is 5.75 Å². The number of nitrogens with zero attached hydrogens (tertiary/aromatic N) is 2. The van der Waals surface area contributed by atoms with E-state index in [4.69, 9.17) is 5.26 Å². The quantitative estimate of drug-likeness (QED) is 0.756. The molecule has 3 rings (SSSR count). The van der Waals surface area contributed by atoms with Gasteiger partial charge in [-0.2, -0.15) is 5.26 Å². The van der Waals surface area contributed by atoms with Crippen molar-refractivity contribution in [1.29, 1.82) is 5.26 Å². The summed E-state index contributed by atoms with van der Waals surface area (Å²) in [5.74, 6) is 0.271. The predicted molar refractivity (Wildman–Crippen MR) is 73.9 cm³/mol. The van der Waals surface area contributed by atoms with Crippen molar-refractivity contribution in [2.45, 2.75) is 6.54 Å². The summed E-state index contributed by atoms with van der Waals surface area (Å²) >= 11 is 0. The van der Waals surface area contributed by atoms with Gasteiger partial charge in [-0.1, -0.05) is 18.2 Å². The minimum Gasteiger partial charge on any atom is -0.506 e. The molecule has 1 N–H and O–H groups in total. The molecule has 0 bridgehead atoms. The van der Waals surface area contributed by atoms with E-state index in [1.807, 2.05) is 29.0 Å². The summed E-state index contributed by atoms with van der Waals surface area (Å²) in [6.07, 6.45) is 3.53. The molecule has 3 nitrogen and oxygen atoms in total. The number of hydrogen-bond donors (Lipinski definition) is 1. The maximum atomic E-state index is 9.31. The highest BCUT2D eigenvalue weighted by atomic mass is 16.3. The lowest BCUT2D eigenvalue weighted by molar-refractivity contribution is 0.474. The van der Waals surface area contributed by atoms with Gasteiger partial charge in [0.2, 0.25) is 0 Å². The number of rotatable bonds is 2. The van der Waals surface area contributed by atoms with Crippen molar-refractivity contribution in [2.24, 2.45) is 0 Å². The van der Waals surface area contributed by atoms with Gasteiger partial charge in [-0.15, -0.1) is 0 Å². The van der Waals surface area contributed by atoms with Crippen LogP contribution in [0.4, 0.5) is 0 Å². The molecule has 0 aliphatic rings. The molecule has 3 heteroatoms. The topological polar surface area (TPSA) is 49.0 Å². The van der Waals surface area contributed by atoms with Crippen LogP contribution in [0.25, 0.3) is 10.8 Å². The second-order valence-corrected chi connectivity index (χ2v) is 4.55. The highest BCUT2D eigenvalue weighted by Gasteiger charge is 2.00. The SMILES string of the molecule is N#Cc1ccc2ccc(Cn3ccc(O)c3)cc2c1. The summed E-state index contributed by atoms with van der Waals surface area (Å²) < 4.78 is 1.92. The van der Waals surface area contributed by atoms with E-state index in [1.165, 1.54) is 0 Å². The zero-order valence-electron chi connectivity index (χ0n) is 10.2. The third kappa shape index (κ3) is 2.29. The Morgan fingerprint density at radius 1 is 1.05 bits per heavy atom. The molecule has 19 heavy (non-hydrogen) atoms. The van der Waals surface area contributed by atoms with E-state index in [2.05, 4.69) is 24.3 Å². The van der Waals surface area contributed by atoms with Crippen molar-refractivity contribution >= 4 is 10.8 Å². The molecule has 1 heterocycles. The maximum absolute atomic E-state index is 9.31. The molecular formula is C16H12N2O. The third-order valence-electron chi connectivity index (χ3n) is 3.13. The predicted octanol–water partition coefficient (Wildman–Crippen LogP) is 3.27. The van der Waals surface area contributed by atoms with Crippen LogP contribution in [0.1, 0.15) is 11.1 Å². The fourth-order valence-corrected chi connectivity index (χ4v) is 2.20. The average molecular weight is 248 g/mol.